The van der Waals surface area contributed by atoms with E-state index in [-0.39, 0.29) is 17.5 Å². The first kappa shape index (κ1) is 19.3. The Balaban J connectivity index is 1.59. The van der Waals surface area contributed by atoms with Crippen molar-refractivity contribution in [2.24, 2.45) is 0 Å². The molecule has 2 amide bonds. The fourth-order valence-electron chi connectivity index (χ4n) is 2.41. The van der Waals surface area contributed by atoms with E-state index < -0.39 is 0 Å². The summed E-state index contributed by atoms with van der Waals surface area (Å²) in [6.07, 6.45) is 2.87. The Kier molecular flexibility index (Phi) is 6.18. The summed E-state index contributed by atoms with van der Waals surface area (Å²) in [6, 6.07) is 14.4. The fourth-order valence-corrected chi connectivity index (χ4v) is 2.54. The van der Waals surface area contributed by atoms with Gasteiger partial charge < -0.3 is 16.0 Å². The van der Waals surface area contributed by atoms with Crippen LogP contribution in [-0.4, -0.2) is 21.8 Å². The van der Waals surface area contributed by atoms with E-state index in [2.05, 4.69) is 25.9 Å². The van der Waals surface area contributed by atoms with Crippen LogP contribution in [0.3, 0.4) is 0 Å². The number of anilines is 3. The number of nitrogens with zero attached hydrogens (tertiary/aromatic N) is 2. The second-order valence-electron chi connectivity index (χ2n) is 5.98. The molecule has 3 N–H and O–H groups in total. The summed E-state index contributed by atoms with van der Waals surface area (Å²) in [7, 11) is 0. The van der Waals surface area contributed by atoms with Crippen LogP contribution in [-0.2, 0) is 11.3 Å². The first-order chi connectivity index (χ1) is 13.5. The maximum atomic E-state index is 12.2. The van der Waals surface area contributed by atoms with Gasteiger partial charge in [-0.2, -0.15) is 0 Å². The topological polar surface area (TPSA) is 96.0 Å². The lowest BCUT2D eigenvalue weighted by molar-refractivity contribution is -0.114. The van der Waals surface area contributed by atoms with Crippen LogP contribution < -0.4 is 16.0 Å². The van der Waals surface area contributed by atoms with Gasteiger partial charge in [-0.25, -0.2) is 9.97 Å². The lowest BCUT2D eigenvalue weighted by Gasteiger charge is -2.09. The standard InChI is InChI=1S/C20H18ClN5O2/c1-13(27)25-16-3-2-4-17(9-16)26-19-12-22-18(11-23-19)20(28)24-10-14-5-7-15(21)8-6-14/h2-9,11-12H,10H2,1H3,(H,23,26)(H,24,28)(H,25,27). The van der Waals surface area contributed by atoms with Crippen LogP contribution in [0.25, 0.3) is 0 Å². The first-order valence-electron chi connectivity index (χ1n) is 8.49. The van der Waals surface area contributed by atoms with Crippen molar-refractivity contribution in [1.29, 1.82) is 0 Å². The molecule has 7 nitrogen and oxygen atoms in total. The molecule has 0 saturated heterocycles. The smallest absolute Gasteiger partial charge is 0.271 e. The number of carbonyl (C=O) groups excluding carboxylic acids is 2. The summed E-state index contributed by atoms with van der Waals surface area (Å²) in [6.45, 7) is 1.82. The van der Waals surface area contributed by atoms with E-state index in [9.17, 15) is 9.59 Å². The zero-order valence-electron chi connectivity index (χ0n) is 15.1. The van der Waals surface area contributed by atoms with Crippen LogP contribution in [0.1, 0.15) is 23.0 Å². The molecule has 3 aromatic rings. The molecule has 8 heteroatoms. The third-order valence-electron chi connectivity index (χ3n) is 3.71. The van der Waals surface area contributed by atoms with Gasteiger partial charge in [0.25, 0.3) is 5.91 Å². The van der Waals surface area contributed by atoms with Gasteiger partial charge in [-0.05, 0) is 35.9 Å². The summed E-state index contributed by atoms with van der Waals surface area (Å²) in [5.41, 5.74) is 2.55. The van der Waals surface area contributed by atoms with Crippen molar-refractivity contribution in [2.75, 3.05) is 10.6 Å². The van der Waals surface area contributed by atoms with E-state index in [1.165, 1.54) is 19.3 Å². The molecular formula is C20H18ClN5O2. The van der Waals surface area contributed by atoms with Gasteiger partial charge in [-0.3, -0.25) is 9.59 Å². The van der Waals surface area contributed by atoms with Gasteiger partial charge >= 0.3 is 0 Å². The normalized spacial score (nSPS) is 10.2. The highest BCUT2D eigenvalue weighted by atomic mass is 35.5. The minimum absolute atomic E-state index is 0.147. The quantitative estimate of drug-likeness (QED) is 0.590. The number of hydrogen-bond donors (Lipinski definition) is 3. The van der Waals surface area contributed by atoms with E-state index in [1.807, 2.05) is 18.2 Å². The molecule has 1 heterocycles. The highest BCUT2D eigenvalue weighted by Gasteiger charge is 2.08. The van der Waals surface area contributed by atoms with Crippen LogP contribution in [0.5, 0.6) is 0 Å². The van der Waals surface area contributed by atoms with Crippen LogP contribution >= 0.6 is 11.6 Å². The number of benzene rings is 2. The van der Waals surface area contributed by atoms with Crippen LogP contribution in [0.15, 0.2) is 60.9 Å². The van der Waals surface area contributed by atoms with Crippen molar-refractivity contribution in [1.82, 2.24) is 15.3 Å². The molecular weight excluding hydrogens is 378 g/mol. The van der Waals surface area contributed by atoms with Crippen molar-refractivity contribution in [3.63, 3.8) is 0 Å². The summed E-state index contributed by atoms with van der Waals surface area (Å²) >= 11 is 5.84. The zero-order chi connectivity index (χ0) is 19.9. The summed E-state index contributed by atoms with van der Waals surface area (Å²) in [4.78, 5) is 31.7. The molecule has 0 bridgehead atoms. The van der Waals surface area contributed by atoms with Gasteiger partial charge in [0.1, 0.15) is 11.5 Å². The third kappa shape index (κ3) is 5.52. The average Bonchev–Trinajstić information content (AvgIpc) is 2.68. The van der Waals surface area contributed by atoms with Gasteiger partial charge in [-0.15, -0.1) is 0 Å². The van der Waals surface area contributed by atoms with Crippen molar-refractivity contribution in [3.05, 3.63) is 77.2 Å². The predicted molar refractivity (Wildman–Crippen MR) is 109 cm³/mol. The lowest BCUT2D eigenvalue weighted by Crippen LogP contribution is -2.24. The van der Waals surface area contributed by atoms with Crippen LogP contribution in [0.4, 0.5) is 17.2 Å². The predicted octanol–water partition coefficient (Wildman–Crippen LogP) is 3.76. The maximum absolute atomic E-state index is 12.2. The van der Waals surface area contributed by atoms with Gasteiger partial charge in [0.2, 0.25) is 5.91 Å². The lowest BCUT2D eigenvalue weighted by atomic mass is 10.2. The third-order valence-corrected chi connectivity index (χ3v) is 3.96. The minimum Gasteiger partial charge on any atom is -0.347 e. The van der Waals surface area contributed by atoms with E-state index in [1.54, 1.807) is 30.3 Å². The molecule has 1 aromatic heterocycles. The zero-order valence-corrected chi connectivity index (χ0v) is 15.8. The Labute approximate surface area is 167 Å². The van der Waals surface area contributed by atoms with E-state index in [0.717, 1.165) is 11.3 Å². The fraction of sp³-hybridized carbons (Fsp3) is 0.100. The number of rotatable bonds is 6. The summed E-state index contributed by atoms with van der Waals surface area (Å²) in [5.74, 6) is 0.0155. The summed E-state index contributed by atoms with van der Waals surface area (Å²) < 4.78 is 0. The molecule has 0 unspecified atom stereocenters. The van der Waals surface area contributed by atoms with Gasteiger partial charge in [0, 0.05) is 29.9 Å². The molecule has 0 atom stereocenters. The molecule has 0 aliphatic heterocycles. The molecule has 0 aliphatic rings. The van der Waals surface area contributed by atoms with E-state index >= 15 is 0 Å². The van der Waals surface area contributed by atoms with Gasteiger partial charge in [-0.1, -0.05) is 29.8 Å². The Morgan fingerprint density at radius 2 is 1.75 bits per heavy atom. The van der Waals surface area contributed by atoms with Crippen molar-refractivity contribution in [2.45, 2.75) is 13.5 Å². The van der Waals surface area contributed by atoms with Crippen LogP contribution in [0, 0.1) is 0 Å². The molecule has 0 spiro atoms. The molecule has 3 rings (SSSR count). The average molecular weight is 396 g/mol. The maximum Gasteiger partial charge on any atom is 0.271 e. The number of nitrogens with one attached hydrogen (secondary N) is 3. The molecule has 0 saturated carbocycles. The number of halogens is 1. The Morgan fingerprint density at radius 1 is 1.00 bits per heavy atom. The highest BCUT2D eigenvalue weighted by Crippen LogP contribution is 2.18. The number of aromatic nitrogens is 2. The summed E-state index contributed by atoms with van der Waals surface area (Å²) in [5, 5.41) is 9.22. The SMILES string of the molecule is CC(=O)Nc1cccc(Nc2cnc(C(=O)NCc3ccc(Cl)cc3)cn2)c1. The van der Waals surface area contributed by atoms with E-state index in [0.29, 0.717) is 23.1 Å². The molecule has 2 aromatic carbocycles. The molecule has 0 aliphatic carbocycles. The Hall–Kier alpha value is -3.45. The Bertz CT molecular complexity index is 975. The monoisotopic (exact) mass is 395 g/mol. The number of amides is 2. The van der Waals surface area contributed by atoms with E-state index in [4.69, 9.17) is 11.6 Å². The largest absolute Gasteiger partial charge is 0.347 e. The van der Waals surface area contributed by atoms with Crippen molar-refractivity contribution >= 4 is 40.6 Å². The molecule has 0 fully saturated rings. The molecule has 142 valence electrons. The van der Waals surface area contributed by atoms with Crippen molar-refractivity contribution in [3.8, 4) is 0 Å². The highest BCUT2D eigenvalue weighted by molar-refractivity contribution is 6.30. The van der Waals surface area contributed by atoms with Gasteiger partial charge in [0.15, 0.2) is 0 Å². The molecule has 28 heavy (non-hydrogen) atoms. The van der Waals surface area contributed by atoms with Crippen molar-refractivity contribution < 1.29 is 9.59 Å². The Morgan fingerprint density at radius 3 is 2.43 bits per heavy atom. The first-order valence-corrected chi connectivity index (χ1v) is 8.87. The number of carbonyl (C=O) groups is 2. The number of hydrogen-bond acceptors (Lipinski definition) is 5. The minimum atomic E-state index is -0.318. The molecule has 0 radical (unpaired) electrons. The van der Waals surface area contributed by atoms with Gasteiger partial charge in [0.05, 0.1) is 12.4 Å². The van der Waals surface area contributed by atoms with Crippen LogP contribution in [0.2, 0.25) is 5.02 Å². The second kappa shape index (κ2) is 8.96. The second-order valence-corrected chi connectivity index (χ2v) is 6.42.